The van der Waals surface area contributed by atoms with Crippen molar-refractivity contribution in [2.45, 2.75) is 47.3 Å². The van der Waals surface area contributed by atoms with E-state index in [0.717, 1.165) is 12.1 Å². The number of ether oxygens (including phenoxy) is 2. The van der Waals surface area contributed by atoms with Crippen LogP contribution in [0.4, 0.5) is 8.78 Å². The Hall–Kier alpha value is -2.70. The average Bonchev–Trinajstić information content (AvgIpc) is 2.86. The molecule has 0 saturated carbocycles. The molecule has 0 bridgehead atoms. The summed E-state index contributed by atoms with van der Waals surface area (Å²) in [6.45, 7) is 9.16. The first-order valence-corrected chi connectivity index (χ1v) is 8.75. The highest BCUT2D eigenvalue weighted by atomic mass is 19.1. The lowest BCUT2D eigenvalue weighted by molar-refractivity contribution is 0.0512. The van der Waals surface area contributed by atoms with Crippen molar-refractivity contribution in [3.05, 3.63) is 52.3 Å². The average molecular weight is 379 g/mol. The van der Waals surface area contributed by atoms with E-state index in [1.165, 1.54) is 6.92 Å². The standard InChI is InChI=1S/C20H23F2NO4/c1-6-23-12(4)17(11(3)18(23)20(25)26-7-2)19(24)13(5)27-16-9-8-14(21)10-15(16)22/h8-10,13H,6-7H2,1-5H3/t13-/m1/s1. The van der Waals surface area contributed by atoms with Crippen LogP contribution < -0.4 is 4.74 Å². The van der Waals surface area contributed by atoms with Gasteiger partial charge in [0.05, 0.1) is 6.61 Å². The van der Waals surface area contributed by atoms with Gasteiger partial charge in [-0.3, -0.25) is 4.79 Å². The van der Waals surface area contributed by atoms with Crippen LogP contribution in [0.15, 0.2) is 18.2 Å². The zero-order chi connectivity index (χ0) is 20.3. The Labute approximate surface area is 156 Å². The van der Waals surface area contributed by atoms with E-state index in [1.807, 2.05) is 6.92 Å². The van der Waals surface area contributed by atoms with Gasteiger partial charge in [-0.15, -0.1) is 0 Å². The normalized spacial score (nSPS) is 12.0. The van der Waals surface area contributed by atoms with Gasteiger partial charge >= 0.3 is 5.97 Å². The molecule has 1 atom stereocenters. The molecular weight excluding hydrogens is 356 g/mol. The van der Waals surface area contributed by atoms with Gasteiger partial charge in [-0.2, -0.15) is 0 Å². The number of benzene rings is 1. The molecule has 0 unspecified atom stereocenters. The Morgan fingerprint density at radius 3 is 2.41 bits per heavy atom. The van der Waals surface area contributed by atoms with Crippen LogP contribution in [0, 0.1) is 25.5 Å². The number of carbonyl (C=O) groups excluding carboxylic acids is 2. The highest BCUT2D eigenvalue weighted by Gasteiger charge is 2.30. The number of rotatable bonds is 7. The summed E-state index contributed by atoms with van der Waals surface area (Å²) in [5.74, 6) is -2.73. The van der Waals surface area contributed by atoms with Crippen LogP contribution in [-0.4, -0.2) is 29.0 Å². The van der Waals surface area contributed by atoms with E-state index in [1.54, 1.807) is 25.3 Å². The first-order valence-electron chi connectivity index (χ1n) is 8.75. The monoisotopic (exact) mass is 379 g/mol. The summed E-state index contributed by atoms with van der Waals surface area (Å²) in [6.07, 6.45) is -1.02. The highest BCUT2D eigenvalue weighted by Crippen LogP contribution is 2.26. The number of aromatic nitrogens is 1. The molecule has 27 heavy (non-hydrogen) atoms. The van der Waals surface area contributed by atoms with E-state index < -0.39 is 29.5 Å². The van der Waals surface area contributed by atoms with E-state index in [-0.39, 0.29) is 12.4 Å². The maximum atomic E-state index is 13.8. The van der Waals surface area contributed by atoms with Crippen LogP contribution in [-0.2, 0) is 11.3 Å². The van der Waals surface area contributed by atoms with Crippen LogP contribution in [0.5, 0.6) is 5.75 Å². The van der Waals surface area contributed by atoms with Gasteiger partial charge in [0, 0.05) is 23.9 Å². The quantitative estimate of drug-likeness (QED) is 0.534. The number of hydrogen-bond donors (Lipinski definition) is 0. The van der Waals surface area contributed by atoms with Crippen LogP contribution >= 0.6 is 0 Å². The molecule has 1 aromatic heterocycles. The molecule has 0 aliphatic carbocycles. The summed E-state index contributed by atoms with van der Waals surface area (Å²) in [6, 6.07) is 2.88. The van der Waals surface area contributed by atoms with Crippen LogP contribution in [0.2, 0.25) is 0 Å². The van der Waals surface area contributed by atoms with Crippen molar-refractivity contribution in [2.75, 3.05) is 6.61 Å². The van der Waals surface area contributed by atoms with Crippen molar-refractivity contribution in [2.24, 2.45) is 0 Å². The van der Waals surface area contributed by atoms with Crippen molar-refractivity contribution in [3.8, 4) is 5.75 Å². The fourth-order valence-electron chi connectivity index (χ4n) is 3.13. The summed E-state index contributed by atoms with van der Waals surface area (Å²) in [7, 11) is 0. The first kappa shape index (κ1) is 20.6. The van der Waals surface area contributed by atoms with Crippen molar-refractivity contribution in [3.63, 3.8) is 0 Å². The molecule has 2 rings (SSSR count). The molecule has 1 aromatic carbocycles. The zero-order valence-corrected chi connectivity index (χ0v) is 16.1. The van der Waals surface area contributed by atoms with Gasteiger partial charge in [0.1, 0.15) is 11.5 Å². The SMILES string of the molecule is CCOC(=O)c1c(C)c(C(=O)[C@@H](C)Oc2ccc(F)cc2F)c(C)n1CC. The molecule has 0 fully saturated rings. The van der Waals surface area contributed by atoms with Gasteiger partial charge in [-0.1, -0.05) is 0 Å². The van der Waals surface area contributed by atoms with Gasteiger partial charge < -0.3 is 14.0 Å². The van der Waals surface area contributed by atoms with Gasteiger partial charge in [-0.25, -0.2) is 13.6 Å². The van der Waals surface area contributed by atoms with E-state index in [0.29, 0.717) is 35.1 Å². The summed E-state index contributed by atoms with van der Waals surface area (Å²) >= 11 is 0. The molecule has 0 aliphatic rings. The predicted molar refractivity (Wildman–Crippen MR) is 96.3 cm³/mol. The molecule has 0 saturated heterocycles. The Morgan fingerprint density at radius 2 is 1.85 bits per heavy atom. The highest BCUT2D eigenvalue weighted by molar-refractivity contribution is 6.05. The third kappa shape index (κ3) is 4.02. The number of hydrogen-bond acceptors (Lipinski definition) is 4. The fraction of sp³-hybridized carbons (Fsp3) is 0.400. The number of ketones is 1. The van der Waals surface area contributed by atoms with Crippen molar-refractivity contribution < 1.29 is 27.8 Å². The topological polar surface area (TPSA) is 57.5 Å². The smallest absolute Gasteiger partial charge is 0.355 e. The number of Topliss-reactive ketones (excluding diaryl/α,β-unsaturated/α-hetero) is 1. The summed E-state index contributed by atoms with van der Waals surface area (Å²) in [5.41, 5.74) is 1.76. The van der Waals surface area contributed by atoms with Crippen LogP contribution in [0.25, 0.3) is 0 Å². The lowest BCUT2D eigenvalue weighted by atomic mass is 10.0. The largest absolute Gasteiger partial charge is 0.479 e. The molecule has 0 spiro atoms. The number of halogens is 2. The van der Waals surface area contributed by atoms with Gasteiger partial charge in [0.15, 0.2) is 17.7 Å². The van der Waals surface area contributed by atoms with Gasteiger partial charge in [0.2, 0.25) is 5.78 Å². The molecule has 2 aromatic rings. The van der Waals surface area contributed by atoms with E-state index in [2.05, 4.69) is 0 Å². The van der Waals surface area contributed by atoms with E-state index in [4.69, 9.17) is 9.47 Å². The Morgan fingerprint density at radius 1 is 1.19 bits per heavy atom. The molecule has 0 amide bonds. The maximum absolute atomic E-state index is 13.8. The molecular formula is C20H23F2NO4. The molecule has 146 valence electrons. The lowest BCUT2D eigenvalue weighted by Gasteiger charge is -2.15. The zero-order valence-electron chi connectivity index (χ0n) is 16.1. The minimum Gasteiger partial charge on any atom is -0.479 e. The Bertz CT molecular complexity index is 873. The van der Waals surface area contributed by atoms with Crippen LogP contribution in [0.1, 0.15) is 52.9 Å². The molecule has 0 N–H and O–H groups in total. The number of carbonyl (C=O) groups is 2. The minimum atomic E-state index is -1.02. The Kier molecular flexibility index (Phi) is 6.36. The predicted octanol–water partition coefficient (Wildman–Crippen LogP) is 4.23. The summed E-state index contributed by atoms with van der Waals surface area (Å²) in [4.78, 5) is 25.2. The fourth-order valence-corrected chi connectivity index (χ4v) is 3.13. The van der Waals surface area contributed by atoms with Gasteiger partial charge in [0.25, 0.3) is 0 Å². The molecule has 0 aliphatic heterocycles. The van der Waals surface area contributed by atoms with Crippen molar-refractivity contribution in [1.82, 2.24) is 4.57 Å². The van der Waals surface area contributed by atoms with E-state index >= 15 is 0 Å². The third-order valence-corrected chi connectivity index (χ3v) is 4.37. The Balaban J connectivity index is 2.39. The molecule has 0 radical (unpaired) electrons. The summed E-state index contributed by atoms with van der Waals surface area (Å²) < 4.78 is 39.0. The molecule has 5 nitrogen and oxygen atoms in total. The lowest BCUT2D eigenvalue weighted by Crippen LogP contribution is -2.25. The maximum Gasteiger partial charge on any atom is 0.355 e. The van der Waals surface area contributed by atoms with Crippen molar-refractivity contribution >= 4 is 11.8 Å². The van der Waals surface area contributed by atoms with Crippen LogP contribution in [0.3, 0.4) is 0 Å². The third-order valence-electron chi connectivity index (χ3n) is 4.37. The van der Waals surface area contributed by atoms with Gasteiger partial charge in [-0.05, 0) is 52.3 Å². The number of esters is 1. The molecule has 7 heteroatoms. The minimum absolute atomic E-state index is 0.215. The second-order valence-corrected chi connectivity index (χ2v) is 6.10. The van der Waals surface area contributed by atoms with Crippen molar-refractivity contribution in [1.29, 1.82) is 0 Å². The second kappa shape index (κ2) is 8.33. The summed E-state index contributed by atoms with van der Waals surface area (Å²) in [5, 5.41) is 0. The second-order valence-electron chi connectivity index (χ2n) is 6.10. The number of nitrogens with zero attached hydrogens (tertiary/aromatic N) is 1. The van der Waals surface area contributed by atoms with E-state index in [9.17, 15) is 18.4 Å². The first-order chi connectivity index (χ1) is 12.7. The molecule has 1 heterocycles.